The maximum atomic E-state index is 12.0. The molecule has 0 spiro atoms. The first-order valence-electron chi connectivity index (χ1n) is 6.56. The lowest BCUT2D eigenvalue weighted by Crippen LogP contribution is -2.56. The molecular weight excluding hydrogens is 244 g/mol. The largest absolute Gasteiger partial charge is 0.445 e. The van der Waals surface area contributed by atoms with E-state index in [9.17, 15) is 9.90 Å². The van der Waals surface area contributed by atoms with Gasteiger partial charge in [-0.05, 0) is 18.4 Å². The first kappa shape index (κ1) is 13.8. The molecule has 1 saturated heterocycles. The predicted molar refractivity (Wildman–Crippen MR) is 71.4 cm³/mol. The Hall–Kier alpha value is -1.59. The fourth-order valence-corrected chi connectivity index (χ4v) is 2.35. The Labute approximate surface area is 113 Å². The average Bonchev–Trinajstić information content (AvgIpc) is 2.45. The number of hydrogen-bond acceptors (Lipinski definition) is 4. The monoisotopic (exact) mass is 264 g/mol. The van der Waals surface area contributed by atoms with Crippen LogP contribution in [0.15, 0.2) is 30.3 Å². The van der Waals surface area contributed by atoms with Crippen molar-refractivity contribution in [2.45, 2.75) is 31.5 Å². The fraction of sp³-hybridized carbons (Fsp3) is 0.500. The van der Waals surface area contributed by atoms with Gasteiger partial charge >= 0.3 is 6.09 Å². The number of nitrogens with zero attached hydrogens (tertiary/aromatic N) is 1. The molecule has 1 heterocycles. The zero-order chi connectivity index (χ0) is 13.7. The first-order valence-corrected chi connectivity index (χ1v) is 6.56. The van der Waals surface area contributed by atoms with Crippen LogP contribution in [0.5, 0.6) is 0 Å². The van der Waals surface area contributed by atoms with Crippen molar-refractivity contribution in [3.8, 4) is 0 Å². The smallest absolute Gasteiger partial charge is 0.410 e. The van der Waals surface area contributed by atoms with Crippen LogP contribution in [0.25, 0.3) is 0 Å². The van der Waals surface area contributed by atoms with E-state index >= 15 is 0 Å². The highest BCUT2D eigenvalue weighted by molar-refractivity contribution is 5.68. The molecule has 19 heavy (non-hydrogen) atoms. The minimum atomic E-state index is -0.405. The lowest BCUT2D eigenvalue weighted by molar-refractivity contribution is 0.0424. The van der Waals surface area contributed by atoms with Crippen molar-refractivity contribution in [1.82, 2.24) is 4.90 Å². The maximum absolute atomic E-state index is 12.0. The molecule has 5 heteroatoms. The summed E-state index contributed by atoms with van der Waals surface area (Å²) in [6, 6.07) is 9.00. The highest BCUT2D eigenvalue weighted by Gasteiger charge is 2.32. The summed E-state index contributed by atoms with van der Waals surface area (Å²) < 4.78 is 5.27. The molecule has 0 aromatic heterocycles. The number of carbonyl (C=O) groups is 1. The quantitative estimate of drug-likeness (QED) is 0.857. The molecule has 0 radical (unpaired) electrons. The molecule has 1 aromatic rings. The third-order valence-electron chi connectivity index (χ3n) is 3.46. The fourth-order valence-electron chi connectivity index (χ4n) is 2.35. The minimum Gasteiger partial charge on any atom is -0.445 e. The van der Waals surface area contributed by atoms with Gasteiger partial charge in [-0.1, -0.05) is 30.3 Å². The number of hydrogen-bond donors (Lipinski definition) is 2. The molecule has 2 unspecified atom stereocenters. The van der Waals surface area contributed by atoms with Crippen LogP contribution in [0, 0.1) is 0 Å². The maximum Gasteiger partial charge on any atom is 0.410 e. The van der Waals surface area contributed by atoms with Crippen LogP contribution in [0.1, 0.15) is 18.4 Å². The molecule has 0 aliphatic carbocycles. The van der Waals surface area contributed by atoms with Gasteiger partial charge < -0.3 is 20.5 Å². The standard InChI is InChI=1S/C14H20N2O3/c15-12-7-4-8-16(13(12)9-17)14(18)19-10-11-5-2-1-3-6-11/h1-3,5-6,12-13,17H,4,7-10,15H2. The third-order valence-corrected chi connectivity index (χ3v) is 3.46. The van der Waals surface area contributed by atoms with Crippen molar-refractivity contribution >= 4 is 6.09 Å². The van der Waals surface area contributed by atoms with Crippen molar-refractivity contribution in [2.24, 2.45) is 5.73 Å². The lowest BCUT2D eigenvalue weighted by atomic mass is 9.98. The Morgan fingerprint density at radius 3 is 2.84 bits per heavy atom. The number of carbonyl (C=O) groups excluding carboxylic acids is 1. The van der Waals surface area contributed by atoms with Crippen LogP contribution < -0.4 is 5.73 Å². The summed E-state index contributed by atoms with van der Waals surface area (Å²) in [6.45, 7) is 0.706. The first-order chi connectivity index (χ1) is 9.22. The van der Waals surface area contributed by atoms with Gasteiger partial charge in [-0.15, -0.1) is 0 Å². The topological polar surface area (TPSA) is 75.8 Å². The lowest BCUT2D eigenvalue weighted by Gasteiger charge is -2.37. The summed E-state index contributed by atoms with van der Waals surface area (Å²) in [5, 5.41) is 9.34. The average molecular weight is 264 g/mol. The summed E-state index contributed by atoms with van der Waals surface area (Å²) >= 11 is 0. The molecule has 3 N–H and O–H groups in total. The normalized spacial score (nSPS) is 23.2. The van der Waals surface area contributed by atoms with Crippen LogP contribution in [0.4, 0.5) is 4.79 Å². The molecule has 1 aliphatic rings. The molecule has 0 bridgehead atoms. The Morgan fingerprint density at radius 2 is 2.16 bits per heavy atom. The van der Waals surface area contributed by atoms with E-state index in [1.807, 2.05) is 30.3 Å². The number of ether oxygens (including phenoxy) is 1. The van der Waals surface area contributed by atoms with Gasteiger partial charge in [-0.3, -0.25) is 0 Å². The Balaban J connectivity index is 1.91. The van der Waals surface area contributed by atoms with E-state index in [0.29, 0.717) is 6.54 Å². The van der Waals surface area contributed by atoms with Gasteiger partial charge in [0.15, 0.2) is 0 Å². The van der Waals surface area contributed by atoms with Crippen LogP contribution in [-0.4, -0.2) is 41.3 Å². The van der Waals surface area contributed by atoms with Gasteiger partial charge in [-0.2, -0.15) is 0 Å². The van der Waals surface area contributed by atoms with Crippen LogP contribution in [0.3, 0.4) is 0 Å². The second kappa shape index (κ2) is 6.54. The molecule has 1 fully saturated rings. The van der Waals surface area contributed by atoms with Crippen LogP contribution in [0.2, 0.25) is 0 Å². The van der Waals surface area contributed by atoms with Crippen molar-refractivity contribution in [3.63, 3.8) is 0 Å². The summed E-state index contributed by atoms with van der Waals surface area (Å²) in [6.07, 6.45) is 1.27. The molecule has 1 aliphatic heterocycles. The van der Waals surface area contributed by atoms with E-state index in [2.05, 4.69) is 0 Å². The number of nitrogens with two attached hydrogens (primary N) is 1. The van der Waals surface area contributed by atoms with Crippen LogP contribution >= 0.6 is 0 Å². The zero-order valence-electron chi connectivity index (χ0n) is 10.9. The van der Waals surface area contributed by atoms with Crippen LogP contribution in [-0.2, 0) is 11.3 Å². The molecule has 5 nitrogen and oxygen atoms in total. The second-order valence-corrected chi connectivity index (χ2v) is 4.79. The summed E-state index contributed by atoms with van der Waals surface area (Å²) in [7, 11) is 0. The van der Waals surface area contributed by atoms with Crippen molar-refractivity contribution in [3.05, 3.63) is 35.9 Å². The van der Waals surface area contributed by atoms with Gasteiger partial charge in [0.2, 0.25) is 0 Å². The number of benzene rings is 1. The van der Waals surface area contributed by atoms with Gasteiger partial charge in [0.05, 0.1) is 12.6 Å². The summed E-state index contributed by atoms with van der Waals surface area (Å²) in [4.78, 5) is 13.6. The molecule has 1 amide bonds. The highest BCUT2D eigenvalue weighted by Crippen LogP contribution is 2.17. The molecule has 2 rings (SSSR count). The van der Waals surface area contributed by atoms with Crippen molar-refractivity contribution < 1.29 is 14.6 Å². The van der Waals surface area contributed by atoms with Crippen molar-refractivity contribution in [1.29, 1.82) is 0 Å². The van der Waals surface area contributed by atoms with Gasteiger partial charge in [0.1, 0.15) is 6.61 Å². The molecule has 1 aromatic carbocycles. The van der Waals surface area contributed by atoms with E-state index in [4.69, 9.17) is 10.5 Å². The van der Waals surface area contributed by atoms with Gasteiger partial charge in [-0.25, -0.2) is 4.79 Å². The van der Waals surface area contributed by atoms with Gasteiger partial charge in [0, 0.05) is 12.6 Å². The SMILES string of the molecule is NC1CCCN(C(=O)OCc2ccccc2)C1CO. The van der Waals surface area contributed by atoms with E-state index in [-0.39, 0.29) is 25.3 Å². The zero-order valence-corrected chi connectivity index (χ0v) is 10.9. The highest BCUT2D eigenvalue weighted by atomic mass is 16.6. The minimum absolute atomic E-state index is 0.123. The predicted octanol–water partition coefficient (Wildman–Crippen LogP) is 1.11. The van der Waals surface area contributed by atoms with E-state index < -0.39 is 6.09 Å². The molecule has 0 saturated carbocycles. The van der Waals surface area contributed by atoms with E-state index in [0.717, 1.165) is 18.4 Å². The van der Waals surface area contributed by atoms with E-state index in [1.165, 1.54) is 4.90 Å². The molecule has 104 valence electrons. The second-order valence-electron chi connectivity index (χ2n) is 4.79. The van der Waals surface area contributed by atoms with Crippen molar-refractivity contribution in [2.75, 3.05) is 13.2 Å². The number of piperidine rings is 1. The molecular formula is C14H20N2O3. The summed E-state index contributed by atoms with van der Waals surface area (Å²) in [5.41, 5.74) is 6.86. The molecule has 2 atom stereocenters. The number of likely N-dealkylation sites (tertiary alicyclic amines) is 1. The van der Waals surface area contributed by atoms with Gasteiger partial charge in [0.25, 0.3) is 0 Å². The Morgan fingerprint density at radius 1 is 1.42 bits per heavy atom. The number of amides is 1. The number of aliphatic hydroxyl groups is 1. The Bertz CT molecular complexity index is 410. The Kier molecular flexibility index (Phi) is 4.76. The number of aliphatic hydroxyl groups excluding tert-OH is 1. The summed E-state index contributed by atoms with van der Waals surface area (Å²) in [5.74, 6) is 0. The van der Waals surface area contributed by atoms with E-state index in [1.54, 1.807) is 0 Å². The third kappa shape index (κ3) is 3.45. The number of rotatable bonds is 3.